The maximum Gasteiger partial charge on any atom is 0.219 e. The van der Waals surface area contributed by atoms with Gasteiger partial charge in [-0.15, -0.1) is 0 Å². The number of nitrogens with zero attached hydrogens (tertiary/aromatic N) is 1. The molecule has 1 aromatic carbocycles. The Morgan fingerprint density at radius 1 is 1.24 bits per heavy atom. The molecule has 0 radical (unpaired) electrons. The van der Waals surface area contributed by atoms with E-state index in [2.05, 4.69) is 26.0 Å². The van der Waals surface area contributed by atoms with Crippen LogP contribution in [0.2, 0.25) is 0 Å². The minimum absolute atomic E-state index is 0.0445. The van der Waals surface area contributed by atoms with Crippen LogP contribution in [-0.2, 0) is 4.79 Å². The lowest BCUT2D eigenvalue weighted by molar-refractivity contribution is -0.130. The third kappa shape index (κ3) is 3.30. The number of benzene rings is 1. The largest absolute Gasteiger partial charge is 0.394 e. The molecule has 0 aliphatic carbocycles. The van der Waals surface area contributed by atoms with E-state index in [1.54, 1.807) is 11.9 Å². The summed E-state index contributed by atoms with van der Waals surface area (Å²) >= 11 is 0. The Morgan fingerprint density at radius 2 is 1.71 bits per heavy atom. The summed E-state index contributed by atoms with van der Waals surface area (Å²) in [4.78, 5) is 12.9. The summed E-state index contributed by atoms with van der Waals surface area (Å²) in [6.45, 7) is 5.72. The lowest BCUT2D eigenvalue weighted by Crippen LogP contribution is -2.31. The van der Waals surface area contributed by atoms with Crippen LogP contribution in [0, 0.1) is 0 Å². The highest BCUT2D eigenvalue weighted by atomic mass is 16.3. The van der Waals surface area contributed by atoms with E-state index >= 15 is 0 Å². The molecule has 1 atom stereocenters. The van der Waals surface area contributed by atoms with Gasteiger partial charge in [-0.1, -0.05) is 38.1 Å². The second-order valence-electron chi connectivity index (χ2n) is 4.65. The van der Waals surface area contributed by atoms with Gasteiger partial charge in [0.2, 0.25) is 5.91 Å². The standard InChI is InChI=1S/C14H21NO2/c1-10(2)12-5-7-13(8-6-12)14(9-16)15(4)11(3)17/h5-8,10,14,16H,9H2,1-4H3. The highest BCUT2D eigenvalue weighted by molar-refractivity contribution is 5.73. The van der Waals surface area contributed by atoms with Gasteiger partial charge in [-0.05, 0) is 17.0 Å². The normalized spacial score (nSPS) is 12.6. The first-order valence-corrected chi connectivity index (χ1v) is 5.91. The number of likely N-dealkylation sites (N-methyl/N-ethyl adjacent to an activating group) is 1. The smallest absolute Gasteiger partial charge is 0.219 e. The quantitative estimate of drug-likeness (QED) is 0.870. The number of carbonyl (C=O) groups excluding carboxylic acids is 1. The molecule has 0 saturated carbocycles. The van der Waals surface area contributed by atoms with Gasteiger partial charge in [0.15, 0.2) is 0 Å². The van der Waals surface area contributed by atoms with Crippen molar-refractivity contribution in [1.82, 2.24) is 4.90 Å². The maximum atomic E-state index is 11.3. The summed E-state index contributed by atoms with van der Waals surface area (Å²) in [6, 6.07) is 7.81. The van der Waals surface area contributed by atoms with Crippen LogP contribution in [0.3, 0.4) is 0 Å². The van der Waals surface area contributed by atoms with Crippen LogP contribution >= 0.6 is 0 Å². The molecule has 1 rings (SSSR count). The van der Waals surface area contributed by atoms with Gasteiger partial charge in [-0.3, -0.25) is 4.79 Å². The third-order valence-electron chi connectivity index (χ3n) is 3.13. The summed E-state index contributed by atoms with van der Waals surface area (Å²) in [5, 5.41) is 9.38. The van der Waals surface area contributed by atoms with E-state index in [9.17, 15) is 9.90 Å². The molecule has 0 aliphatic rings. The number of carbonyl (C=O) groups is 1. The van der Waals surface area contributed by atoms with Crippen molar-refractivity contribution in [2.24, 2.45) is 0 Å². The molecule has 0 saturated heterocycles. The van der Waals surface area contributed by atoms with Crippen LogP contribution in [0.5, 0.6) is 0 Å². The Kier molecular flexibility index (Phi) is 4.70. The number of amides is 1. The van der Waals surface area contributed by atoms with Crippen LogP contribution in [-0.4, -0.2) is 29.6 Å². The van der Waals surface area contributed by atoms with Crippen LogP contribution in [0.25, 0.3) is 0 Å². The van der Waals surface area contributed by atoms with E-state index in [0.29, 0.717) is 5.92 Å². The van der Waals surface area contributed by atoms with E-state index in [0.717, 1.165) is 5.56 Å². The zero-order valence-electron chi connectivity index (χ0n) is 11.0. The predicted octanol–water partition coefficient (Wildman–Crippen LogP) is 2.32. The van der Waals surface area contributed by atoms with Gasteiger partial charge in [0, 0.05) is 14.0 Å². The molecule has 1 unspecified atom stereocenters. The summed E-state index contributed by atoms with van der Waals surface area (Å²) in [7, 11) is 1.71. The SMILES string of the molecule is CC(=O)N(C)C(CO)c1ccc(C(C)C)cc1. The van der Waals surface area contributed by atoms with Crippen molar-refractivity contribution in [3.63, 3.8) is 0 Å². The first kappa shape index (κ1) is 13.7. The summed E-state index contributed by atoms with van der Waals surface area (Å²) < 4.78 is 0. The number of hydrogen-bond acceptors (Lipinski definition) is 2. The maximum absolute atomic E-state index is 11.3. The Balaban J connectivity index is 2.93. The fraction of sp³-hybridized carbons (Fsp3) is 0.500. The number of hydrogen-bond donors (Lipinski definition) is 1. The molecule has 17 heavy (non-hydrogen) atoms. The van der Waals surface area contributed by atoms with Gasteiger partial charge in [-0.2, -0.15) is 0 Å². The molecule has 0 aromatic heterocycles. The molecule has 0 bridgehead atoms. The first-order chi connectivity index (χ1) is 7.97. The minimum atomic E-state index is -0.256. The van der Waals surface area contributed by atoms with Gasteiger partial charge in [-0.25, -0.2) is 0 Å². The first-order valence-electron chi connectivity index (χ1n) is 5.91. The topological polar surface area (TPSA) is 40.5 Å². The molecular formula is C14H21NO2. The van der Waals surface area contributed by atoms with Gasteiger partial charge >= 0.3 is 0 Å². The Morgan fingerprint density at radius 3 is 2.06 bits per heavy atom. The highest BCUT2D eigenvalue weighted by Crippen LogP contribution is 2.22. The van der Waals surface area contributed by atoms with Crippen molar-refractivity contribution >= 4 is 5.91 Å². The zero-order valence-corrected chi connectivity index (χ0v) is 11.0. The van der Waals surface area contributed by atoms with Gasteiger partial charge in [0.05, 0.1) is 12.6 Å². The summed E-state index contributed by atoms with van der Waals surface area (Å²) in [5.41, 5.74) is 2.23. The van der Waals surface area contributed by atoms with Crippen molar-refractivity contribution < 1.29 is 9.90 Å². The third-order valence-corrected chi connectivity index (χ3v) is 3.13. The number of rotatable bonds is 4. The summed E-state index contributed by atoms with van der Waals surface area (Å²) in [6.07, 6.45) is 0. The van der Waals surface area contributed by atoms with Crippen LogP contribution < -0.4 is 0 Å². The molecule has 1 amide bonds. The molecule has 1 N–H and O–H groups in total. The molecule has 0 fully saturated rings. The molecule has 0 spiro atoms. The molecule has 3 heteroatoms. The number of aliphatic hydroxyl groups is 1. The lowest BCUT2D eigenvalue weighted by Gasteiger charge is -2.26. The van der Waals surface area contributed by atoms with Gasteiger partial charge in [0.1, 0.15) is 0 Å². The van der Waals surface area contributed by atoms with E-state index in [4.69, 9.17) is 0 Å². The monoisotopic (exact) mass is 235 g/mol. The highest BCUT2D eigenvalue weighted by Gasteiger charge is 2.18. The van der Waals surface area contributed by atoms with E-state index in [1.165, 1.54) is 12.5 Å². The van der Waals surface area contributed by atoms with Crippen molar-refractivity contribution in [2.75, 3.05) is 13.7 Å². The molecule has 0 heterocycles. The van der Waals surface area contributed by atoms with Crippen molar-refractivity contribution in [3.8, 4) is 0 Å². The minimum Gasteiger partial charge on any atom is -0.394 e. The molecule has 3 nitrogen and oxygen atoms in total. The average molecular weight is 235 g/mol. The molecule has 1 aromatic rings. The molecule has 0 aliphatic heterocycles. The zero-order chi connectivity index (χ0) is 13.0. The van der Waals surface area contributed by atoms with E-state index in [1.807, 2.05) is 12.1 Å². The predicted molar refractivity (Wildman–Crippen MR) is 68.8 cm³/mol. The molecular weight excluding hydrogens is 214 g/mol. The van der Waals surface area contributed by atoms with Crippen LogP contribution in [0.15, 0.2) is 24.3 Å². The van der Waals surface area contributed by atoms with Crippen LogP contribution in [0.1, 0.15) is 43.9 Å². The fourth-order valence-electron chi connectivity index (χ4n) is 1.77. The van der Waals surface area contributed by atoms with E-state index in [-0.39, 0.29) is 18.6 Å². The lowest BCUT2D eigenvalue weighted by atomic mass is 9.99. The summed E-state index contributed by atoms with van der Waals surface area (Å²) in [5.74, 6) is 0.444. The Bertz CT molecular complexity index is 370. The molecule has 94 valence electrons. The van der Waals surface area contributed by atoms with Crippen LogP contribution in [0.4, 0.5) is 0 Å². The van der Waals surface area contributed by atoms with Gasteiger partial charge < -0.3 is 10.0 Å². The second-order valence-corrected chi connectivity index (χ2v) is 4.65. The Labute approximate surface area is 103 Å². The average Bonchev–Trinajstić information content (AvgIpc) is 2.30. The van der Waals surface area contributed by atoms with Crippen molar-refractivity contribution in [3.05, 3.63) is 35.4 Å². The Hall–Kier alpha value is -1.35. The van der Waals surface area contributed by atoms with Crippen molar-refractivity contribution in [2.45, 2.75) is 32.7 Å². The second kappa shape index (κ2) is 5.82. The van der Waals surface area contributed by atoms with Crippen molar-refractivity contribution in [1.29, 1.82) is 0 Å². The fourth-order valence-corrected chi connectivity index (χ4v) is 1.77. The number of aliphatic hydroxyl groups excluding tert-OH is 1. The van der Waals surface area contributed by atoms with E-state index < -0.39 is 0 Å². The van der Waals surface area contributed by atoms with Gasteiger partial charge in [0.25, 0.3) is 0 Å².